The van der Waals surface area contributed by atoms with Crippen molar-refractivity contribution in [1.29, 1.82) is 0 Å². The first kappa shape index (κ1) is 14.2. The lowest BCUT2D eigenvalue weighted by Gasteiger charge is -2.15. The van der Waals surface area contributed by atoms with Crippen LogP contribution in [0.4, 0.5) is 5.95 Å². The maximum Gasteiger partial charge on any atom is 0.251 e. The Bertz CT molecular complexity index is 702. The molecule has 1 amide bonds. The Labute approximate surface area is 135 Å². The van der Waals surface area contributed by atoms with Gasteiger partial charge in [0, 0.05) is 31.1 Å². The lowest BCUT2D eigenvalue weighted by Crippen LogP contribution is -2.25. The highest BCUT2D eigenvalue weighted by Gasteiger charge is 2.23. The third-order valence-electron chi connectivity index (χ3n) is 4.44. The van der Waals surface area contributed by atoms with Gasteiger partial charge in [0.15, 0.2) is 0 Å². The Kier molecular flexibility index (Phi) is 3.73. The van der Waals surface area contributed by atoms with Crippen LogP contribution in [0.25, 0.3) is 0 Å². The maximum atomic E-state index is 12.0. The Morgan fingerprint density at radius 3 is 2.78 bits per heavy atom. The zero-order valence-corrected chi connectivity index (χ0v) is 13.1. The van der Waals surface area contributed by atoms with Gasteiger partial charge < -0.3 is 10.6 Å². The number of nitrogens with zero attached hydrogens (tertiary/aromatic N) is 3. The third-order valence-corrected chi connectivity index (χ3v) is 4.44. The van der Waals surface area contributed by atoms with Crippen molar-refractivity contribution in [3.63, 3.8) is 0 Å². The number of benzene rings is 1. The fourth-order valence-corrected chi connectivity index (χ4v) is 2.89. The predicted octanol–water partition coefficient (Wildman–Crippen LogP) is 2.12. The van der Waals surface area contributed by atoms with Gasteiger partial charge in [-0.2, -0.15) is 0 Å². The average molecular weight is 311 g/mol. The van der Waals surface area contributed by atoms with Crippen LogP contribution in [0, 0.1) is 0 Å². The molecule has 0 unspecified atom stereocenters. The van der Waals surface area contributed by atoms with Crippen LogP contribution < -0.4 is 10.6 Å². The summed E-state index contributed by atoms with van der Waals surface area (Å²) in [6, 6.07) is 8.13. The van der Waals surface area contributed by atoms with E-state index in [0.717, 1.165) is 48.7 Å². The number of anilines is 1. The topological polar surface area (TPSA) is 71.8 Å². The Balaban J connectivity index is 1.37. The summed E-state index contributed by atoms with van der Waals surface area (Å²) in [6.07, 6.45) is 5.61. The van der Waals surface area contributed by atoms with Crippen molar-refractivity contribution >= 4 is 11.9 Å². The highest BCUT2D eigenvalue weighted by molar-refractivity contribution is 5.94. The van der Waals surface area contributed by atoms with E-state index in [1.54, 1.807) is 0 Å². The molecule has 2 aromatic rings. The first-order valence-electron chi connectivity index (χ1n) is 8.35. The number of carbonyl (C=O) groups excluding carboxylic acids is 1. The molecule has 0 saturated heterocycles. The molecule has 2 aliphatic rings. The number of aryl methyl sites for hydroxylation is 1. The lowest BCUT2D eigenvalue weighted by molar-refractivity contribution is 0.0951. The third kappa shape index (κ3) is 3.21. The minimum Gasteiger partial charge on any atom is -0.350 e. The highest BCUT2D eigenvalue weighted by atomic mass is 16.1. The monoisotopic (exact) mass is 311 g/mol. The number of rotatable bonds is 5. The van der Waals surface area contributed by atoms with Crippen LogP contribution in [-0.4, -0.2) is 26.7 Å². The highest BCUT2D eigenvalue weighted by Crippen LogP contribution is 2.20. The molecule has 0 atom stereocenters. The molecule has 1 saturated carbocycles. The van der Waals surface area contributed by atoms with E-state index in [-0.39, 0.29) is 5.91 Å². The van der Waals surface area contributed by atoms with Gasteiger partial charge in [-0.15, -0.1) is 10.2 Å². The zero-order chi connectivity index (χ0) is 15.6. The molecule has 23 heavy (non-hydrogen) atoms. The summed E-state index contributed by atoms with van der Waals surface area (Å²) in [5, 5.41) is 14.8. The molecule has 0 bridgehead atoms. The largest absolute Gasteiger partial charge is 0.350 e. The van der Waals surface area contributed by atoms with Gasteiger partial charge in [0.2, 0.25) is 5.95 Å². The maximum absolute atomic E-state index is 12.0. The molecule has 1 fully saturated rings. The first-order chi connectivity index (χ1) is 11.3. The van der Waals surface area contributed by atoms with Gasteiger partial charge in [-0.05, 0) is 43.4 Å². The van der Waals surface area contributed by atoms with E-state index in [1.807, 2.05) is 24.3 Å². The molecule has 0 radical (unpaired) electrons. The minimum atomic E-state index is 0.0264. The molecule has 1 aliphatic heterocycles. The van der Waals surface area contributed by atoms with E-state index < -0.39 is 0 Å². The quantitative estimate of drug-likeness (QED) is 0.887. The zero-order valence-electron chi connectivity index (χ0n) is 13.1. The van der Waals surface area contributed by atoms with Gasteiger partial charge in [0.25, 0.3) is 5.91 Å². The SMILES string of the molecule is O=C(NC1CC1)c1ccc(CNc2nnc3n2CCCC3)cc1. The van der Waals surface area contributed by atoms with Crippen molar-refractivity contribution < 1.29 is 4.79 Å². The van der Waals surface area contributed by atoms with Crippen molar-refractivity contribution in [2.75, 3.05) is 5.32 Å². The number of amides is 1. The van der Waals surface area contributed by atoms with Crippen LogP contribution in [0.3, 0.4) is 0 Å². The van der Waals surface area contributed by atoms with E-state index in [9.17, 15) is 4.79 Å². The van der Waals surface area contributed by atoms with Gasteiger partial charge in [-0.1, -0.05) is 12.1 Å². The fraction of sp³-hybridized carbons (Fsp3) is 0.471. The Morgan fingerprint density at radius 1 is 1.17 bits per heavy atom. The second-order valence-electron chi connectivity index (χ2n) is 6.35. The number of fused-ring (bicyclic) bond motifs is 1. The van der Waals surface area contributed by atoms with Gasteiger partial charge in [0.05, 0.1) is 0 Å². The number of carbonyl (C=O) groups is 1. The number of hydrogen-bond donors (Lipinski definition) is 2. The van der Waals surface area contributed by atoms with Crippen LogP contribution >= 0.6 is 0 Å². The molecule has 2 heterocycles. The van der Waals surface area contributed by atoms with Crippen LogP contribution in [0.5, 0.6) is 0 Å². The number of hydrogen-bond acceptors (Lipinski definition) is 4. The second kappa shape index (κ2) is 6.02. The van der Waals surface area contributed by atoms with Gasteiger partial charge in [-0.3, -0.25) is 9.36 Å². The molecule has 6 heteroatoms. The molecule has 4 rings (SSSR count). The molecule has 1 aromatic heterocycles. The van der Waals surface area contributed by atoms with Crippen LogP contribution in [0.1, 0.15) is 47.4 Å². The van der Waals surface area contributed by atoms with Crippen molar-refractivity contribution in [2.45, 2.75) is 51.2 Å². The smallest absolute Gasteiger partial charge is 0.251 e. The summed E-state index contributed by atoms with van der Waals surface area (Å²) >= 11 is 0. The van der Waals surface area contributed by atoms with Crippen molar-refractivity contribution in [2.24, 2.45) is 0 Å². The molecule has 1 aliphatic carbocycles. The molecule has 6 nitrogen and oxygen atoms in total. The molecule has 2 N–H and O–H groups in total. The summed E-state index contributed by atoms with van der Waals surface area (Å²) in [5.74, 6) is 1.94. The summed E-state index contributed by atoms with van der Waals surface area (Å²) in [7, 11) is 0. The summed E-state index contributed by atoms with van der Waals surface area (Å²) < 4.78 is 2.17. The lowest BCUT2D eigenvalue weighted by atomic mass is 10.1. The predicted molar refractivity (Wildman–Crippen MR) is 87.2 cm³/mol. The standard InChI is InChI=1S/C17H21N5O/c23-16(19-14-8-9-14)13-6-4-12(5-7-13)11-18-17-21-20-15-3-1-2-10-22(15)17/h4-7,14H,1-3,8-11H2,(H,18,21)(H,19,23). The average Bonchev–Trinajstić information content (AvgIpc) is 3.31. The number of nitrogens with one attached hydrogen (secondary N) is 2. The van der Waals surface area contributed by atoms with Gasteiger partial charge in [0.1, 0.15) is 5.82 Å². The van der Waals surface area contributed by atoms with Crippen LogP contribution in [-0.2, 0) is 19.5 Å². The molecular formula is C17H21N5O. The van der Waals surface area contributed by atoms with E-state index in [1.165, 1.54) is 12.8 Å². The van der Waals surface area contributed by atoms with E-state index >= 15 is 0 Å². The van der Waals surface area contributed by atoms with Crippen LogP contribution in [0.15, 0.2) is 24.3 Å². The van der Waals surface area contributed by atoms with Gasteiger partial charge >= 0.3 is 0 Å². The minimum absolute atomic E-state index is 0.0264. The van der Waals surface area contributed by atoms with Crippen LogP contribution in [0.2, 0.25) is 0 Å². The van der Waals surface area contributed by atoms with Crippen molar-refractivity contribution in [1.82, 2.24) is 20.1 Å². The van der Waals surface area contributed by atoms with E-state index in [0.29, 0.717) is 12.6 Å². The summed E-state index contributed by atoms with van der Waals surface area (Å²) in [6.45, 7) is 1.67. The summed E-state index contributed by atoms with van der Waals surface area (Å²) in [4.78, 5) is 12.0. The first-order valence-corrected chi connectivity index (χ1v) is 8.35. The normalized spacial score (nSPS) is 16.7. The molecule has 0 spiro atoms. The number of aromatic nitrogens is 3. The summed E-state index contributed by atoms with van der Waals surface area (Å²) in [5.41, 5.74) is 1.85. The van der Waals surface area contributed by atoms with Crippen molar-refractivity contribution in [3.05, 3.63) is 41.2 Å². The Morgan fingerprint density at radius 2 is 2.00 bits per heavy atom. The Hall–Kier alpha value is -2.37. The van der Waals surface area contributed by atoms with Crippen molar-refractivity contribution in [3.8, 4) is 0 Å². The second-order valence-corrected chi connectivity index (χ2v) is 6.35. The molecule has 120 valence electrons. The van der Waals surface area contributed by atoms with E-state index in [4.69, 9.17) is 0 Å². The molecular weight excluding hydrogens is 290 g/mol. The fourth-order valence-electron chi connectivity index (χ4n) is 2.89. The van der Waals surface area contributed by atoms with E-state index in [2.05, 4.69) is 25.4 Å². The van der Waals surface area contributed by atoms with Gasteiger partial charge in [-0.25, -0.2) is 0 Å². The molecule has 1 aromatic carbocycles.